The highest BCUT2D eigenvalue weighted by Gasteiger charge is 1.80. The summed E-state index contributed by atoms with van der Waals surface area (Å²) < 4.78 is 0. The van der Waals surface area contributed by atoms with Crippen LogP contribution in [0, 0.1) is 0 Å². The Morgan fingerprint density at radius 1 is 1.07 bits per heavy atom. The number of rotatable bonds is 5. The Hall–Kier alpha value is -1.01. The topological polar surface area (TPSA) is 0 Å². The van der Waals surface area contributed by atoms with Crippen molar-refractivity contribution < 1.29 is 0 Å². The summed E-state index contributed by atoms with van der Waals surface area (Å²) in [6, 6.07) is 10.3. The van der Waals surface area contributed by atoms with Gasteiger partial charge in [0.05, 0.1) is 0 Å². The van der Waals surface area contributed by atoms with E-state index in [0.29, 0.717) is 0 Å². The van der Waals surface area contributed by atoms with Gasteiger partial charge < -0.3 is 0 Å². The molecule has 0 nitrogen and oxygen atoms in total. The maximum absolute atomic E-state index is 5.56. The van der Waals surface area contributed by atoms with E-state index in [-0.39, 0.29) is 0 Å². The minimum Gasteiger partial charge on any atom is -0.127 e. The van der Waals surface area contributed by atoms with Gasteiger partial charge in [-0.05, 0) is 18.4 Å². The van der Waals surface area contributed by atoms with Gasteiger partial charge in [-0.25, -0.2) is 0 Å². The van der Waals surface area contributed by atoms with E-state index < -0.39 is 0 Å². The Kier molecular flexibility index (Phi) is 5.85. The van der Waals surface area contributed by atoms with Crippen molar-refractivity contribution in [3.8, 4) is 0 Å². The summed E-state index contributed by atoms with van der Waals surface area (Å²) in [5.74, 6) is 0.743. The minimum atomic E-state index is 0.743. The molecule has 14 heavy (non-hydrogen) atoms. The molecule has 0 bridgehead atoms. The predicted octanol–water partition coefficient (Wildman–Crippen LogP) is 4.28. The largest absolute Gasteiger partial charge is 0.127 e. The van der Waals surface area contributed by atoms with Crippen LogP contribution in [0.2, 0.25) is 0 Å². The molecule has 74 valence electrons. The van der Waals surface area contributed by atoms with E-state index in [4.69, 9.17) is 11.6 Å². The van der Waals surface area contributed by atoms with Gasteiger partial charge in [-0.15, -0.1) is 11.6 Å². The van der Waals surface area contributed by atoms with Crippen LogP contribution in [-0.2, 0) is 0 Å². The fourth-order valence-electron chi connectivity index (χ4n) is 1.10. The van der Waals surface area contributed by atoms with Gasteiger partial charge in [-0.2, -0.15) is 0 Å². The van der Waals surface area contributed by atoms with Gasteiger partial charge in [-0.3, -0.25) is 0 Å². The number of halogens is 1. The average molecular weight is 207 g/mol. The molecular formula is C13H15Cl. The normalized spacial score (nSPS) is 11.5. The fourth-order valence-corrected chi connectivity index (χ4v) is 1.25. The van der Waals surface area contributed by atoms with E-state index >= 15 is 0 Å². The third-order valence-corrected chi connectivity index (χ3v) is 2.11. The van der Waals surface area contributed by atoms with E-state index in [1.165, 1.54) is 5.56 Å². The molecule has 0 saturated heterocycles. The van der Waals surface area contributed by atoms with Crippen molar-refractivity contribution in [2.75, 3.05) is 5.88 Å². The van der Waals surface area contributed by atoms with Gasteiger partial charge in [0.2, 0.25) is 0 Å². The highest BCUT2D eigenvalue weighted by atomic mass is 35.5. The second-order valence-electron chi connectivity index (χ2n) is 3.03. The van der Waals surface area contributed by atoms with Gasteiger partial charge in [-0.1, -0.05) is 54.6 Å². The molecule has 1 heteroatoms. The number of hydrogen-bond donors (Lipinski definition) is 0. The molecule has 0 aliphatic heterocycles. The Morgan fingerprint density at radius 3 is 2.57 bits per heavy atom. The first-order valence-corrected chi connectivity index (χ1v) is 5.41. The lowest BCUT2D eigenvalue weighted by Crippen LogP contribution is -1.70. The molecule has 0 aromatic heterocycles. The van der Waals surface area contributed by atoms with Gasteiger partial charge >= 0.3 is 0 Å². The van der Waals surface area contributed by atoms with Crippen molar-refractivity contribution in [3.63, 3.8) is 0 Å². The van der Waals surface area contributed by atoms with Crippen molar-refractivity contribution in [2.45, 2.75) is 12.8 Å². The lowest BCUT2D eigenvalue weighted by molar-refractivity contribution is 0.967. The molecule has 0 radical (unpaired) electrons. The Balaban J connectivity index is 2.31. The van der Waals surface area contributed by atoms with Gasteiger partial charge in [0, 0.05) is 5.88 Å². The van der Waals surface area contributed by atoms with Crippen molar-refractivity contribution in [3.05, 3.63) is 54.1 Å². The lowest BCUT2D eigenvalue weighted by Gasteiger charge is -1.88. The summed E-state index contributed by atoms with van der Waals surface area (Å²) in [5, 5.41) is 0. The van der Waals surface area contributed by atoms with Crippen LogP contribution in [0.25, 0.3) is 6.08 Å². The smallest absolute Gasteiger partial charge is 0.0226 e. The Bertz CT molecular complexity index is 285. The lowest BCUT2D eigenvalue weighted by atomic mass is 10.2. The zero-order chi connectivity index (χ0) is 10.1. The first-order chi connectivity index (χ1) is 6.93. The molecule has 0 unspecified atom stereocenters. The molecule has 0 heterocycles. The van der Waals surface area contributed by atoms with Gasteiger partial charge in [0.25, 0.3) is 0 Å². The summed E-state index contributed by atoms with van der Waals surface area (Å²) >= 11 is 5.56. The van der Waals surface area contributed by atoms with Crippen LogP contribution >= 0.6 is 11.6 Å². The molecule has 0 amide bonds. The van der Waals surface area contributed by atoms with Gasteiger partial charge in [0.1, 0.15) is 0 Å². The van der Waals surface area contributed by atoms with E-state index in [0.717, 1.165) is 18.7 Å². The van der Waals surface area contributed by atoms with Crippen LogP contribution in [0.3, 0.4) is 0 Å². The highest BCUT2D eigenvalue weighted by molar-refractivity contribution is 6.17. The number of allylic oxidation sites excluding steroid dienone is 3. The number of unbranched alkanes of at least 4 members (excludes halogenated alkanes) is 1. The molecule has 1 aromatic rings. The fraction of sp³-hybridized carbons (Fsp3) is 0.231. The summed E-state index contributed by atoms with van der Waals surface area (Å²) in [4.78, 5) is 0. The molecule has 0 atom stereocenters. The third kappa shape index (κ3) is 4.88. The minimum absolute atomic E-state index is 0.743. The quantitative estimate of drug-likeness (QED) is 0.383. The third-order valence-electron chi connectivity index (χ3n) is 1.84. The van der Waals surface area contributed by atoms with Crippen LogP contribution in [-0.4, -0.2) is 5.88 Å². The van der Waals surface area contributed by atoms with E-state index in [1.807, 2.05) is 18.2 Å². The van der Waals surface area contributed by atoms with Crippen LogP contribution in [0.4, 0.5) is 0 Å². The summed E-state index contributed by atoms with van der Waals surface area (Å²) in [7, 11) is 0. The summed E-state index contributed by atoms with van der Waals surface area (Å²) in [6.45, 7) is 0. The molecule has 0 saturated carbocycles. The van der Waals surface area contributed by atoms with Crippen molar-refractivity contribution in [1.82, 2.24) is 0 Å². The highest BCUT2D eigenvalue weighted by Crippen LogP contribution is 2.01. The predicted molar refractivity (Wildman–Crippen MR) is 64.6 cm³/mol. The number of benzene rings is 1. The van der Waals surface area contributed by atoms with Crippen LogP contribution in [0.15, 0.2) is 48.6 Å². The van der Waals surface area contributed by atoms with E-state index in [2.05, 4.69) is 36.4 Å². The second kappa shape index (κ2) is 7.40. The summed E-state index contributed by atoms with van der Waals surface area (Å²) in [5.41, 5.74) is 1.23. The summed E-state index contributed by atoms with van der Waals surface area (Å²) in [6.07, 6.45) is 10.5. The molecule has 1 rings (SSSR count). The zero-order valence-electron chi connectivity index (χ0n) is 8.20. The Morgan fingerprint density at radius 2 is 1.86 bits per heavy atom. The van der Waals surface area contributed by atoms with E-state index in [1.54, 1.807) is 0 Å². The second-order valence-corrected chi connectivity index (χ2v) is 3.41. The maximum atomic E-state index is 5.56. The number of hydrogen-bond acceptors (Lipinski definition) is 0. The van der Waals surface area contributed by atoms with Crippen molar-refractivity contribution in [2.24, 2.45) is 0 Å². The standard InChI is InChI=1S/C13H15Cl/c14-12-8-3-1-2-5-9-13-10-6-4-7-11-13/h1-2,4-7,9-11H,3,8,12H2/b2-1+,9-5-. The van der Waals surface area contributed by atoms with E-state index in [9.17, 15) is 0 Å². The van der Waals surface area contributed by atoms with Gasteiger partial charge in [0.15, 0.2) is 0 Å². The Labute approximate surface area is 90.9 Å². The monoisotopic (exact) mass is 206 g/mol. The SMILES string of the molecule is ClCCC/C=C/C=C\c1ccccc1. The first-order valence-electron chi connectivity index (χ1n) is 4.87. The molecule has 0 fully saturated rings. The zero-order valence-corrected chi connectivity index (χ0v) is 8.95. The average Bonchev–Trinajstić information content (AvgIpc) is 2.25. The maximum Gasteiger partial charge on any atom is 0.0226 e. The van der Waals surface area contributed by atoms with Crippen molar-refractivity contribution >= 4 is 17.7 Å². The molecule has 0 aliphatic rings. The van der Waals surface area contributed by atoms with Crippen LogP contribution in [0.1, 0.15) is 18.4 Å². The first kappa shape index (κ1) is 11.1. The molecule has 0 N–H and O–H groups in total. The number of alkyl halides is 1. The van der Waals surface area contributed by atoms with Crippen LogP contribution < -0.4 is 0 Å². The molecule has 0 aliphatic carbocycles. The molecule has 1 aromatic carbocycles. The molecule has 0 spiro atoms. The van der Waals surface area contributed by atoms with Crippen molar-refractivity contribution in [1.29, 1.82) is 0 Å². The molecular weight excluding hydrogens is 192 g/mol. The van der Waals surface area contributed by atoms with Crippen LogP contribution in [0.5, 0.6) is 0 Å².